The van der Waals surface area contributed by atoms with E-state index < -0.39 is 0 Å². The summed E-state index contributed by atoms with van der Waals surface area (Å²) in [6.07, 6.45) is 6.80. The van der Waals surface area contributed by atoms with Crippen LogP contribution in [0.2, 0.25) is 8.87 Å². The van der Waals surface area contributed by atoms with Gasteiger partial charge in [0.25, 0.3) is 0 Å². The molecule has 0 atom stereocenters. The van der Waals surface area contributed by atoms with Gasteiger partial charge in [0.1, 0.15) is 0 Å². The van der Waals surface area contributed by atoms with E-state index in [2.05, 4.69) is 38.3 Å². The summed E-state index contributed by atoms with van der Waals surface area (Å²) in [5, 5.41) is 18.9. The van der Waals surface area contributed by atoms with E-state index in [1.54, 1.807) is 22.7 Å². The maximum absolute atomic E-state index is 9.63. The van der Waals surface area contributed by atoms with Gasteiger partial charge in [0.15, 0.2) is 0 Å². The summed E-state index contributed by atoms with van der Waals surface area (Å²) in [5.41, 5.74) is 0. The molecule has 0 aliphatic carbocycles. The van der Waals surface area contributed by atoms with E-state index in [1.807, 2.05) is 0 Å². The maximum atomic E-state index is 9.63. The predicted molar refractivity (Wildman–Crippen MR) is 91.0 cm³/mol. The first kappa shape index (κ1) is 24.6. The molecular formula is C14H28O2S2Sn. The van der Waals surface area contributed by atoms with Gasteiger partial charge in [-0.25, -0.2) is 0 Å². The molecule has 2 nitrogen and oxygen atoms in total. The molecule has 0 fully saturated rings. The fraction of sp³-hybridized carbons (Fsp3) is 0.857. The zero-order chi connectivity index (χ0) is 15.5. The monoisotopic (exact) mass is 412 g/mol. The van der Waals surface area contributed by atoms with E-state index in [1.165, 1.54) is 25.7 Å². The first-order chi connectivity index (χ1) is 8.95. The molecule has 0 bridgehead atoms. The van der Waals surface area contributed by atoms with Crippen molar-refractivity contribution in [2.75, 3.05) is 0 Å². The minimum absolute atomic E-state index is 0.149. The third kappa shape index (κ3) is 45.6. The van der Waals surface area contributed by atoms with Crippen molar-refractivity contribution < 1.29 is 10.2 Å². The van der Waals surface area contributed by atoms with Crippen molar-refractivity contribution in [2.45, 2.75) is 75.1 Å². The zero-order valence-electron chi connectivity index (χ0n) is 12.8. The Labute approximate surface area is 140 Å². The first-order valence-electron chi connectivity index (χ1n) is 7.06. The molecule has 0 aromatic heterocycles. The van der Waals surface area contributed by atoms with Crippen molar-refractivity contribution in [3.63, 3.8) is 0 Å². The van der Waals surface area contributed by atoms with Crippen LogP contribution in [0, 0.1) is 0 Å². The van der Waals surface area contributed by atoms with Crippen molar-refractivity contribution in [3.8, 4) is 0 Å². The number of hydrogen-bond donors (Lipinski definition) is 0. The zero-order valence-corrected chi connectivity index (χ0v) is 17.3. The Morgan fingerprint density at radius 3 is 1.21 bits per heavy atom. The molecule has 5 heteroatoms. The van der Waals surface area contributed by atoms with Crippen LogP contribution >= 0.6 is 24.4 Å². The van der Waals surface area contributed by atoms with E-state index >= 15 is 0 Å². The van der Waals surface area contributed by atoms with E-state index in [0.717, 1.165) is 0 Å². The van der Waals surface area contributed by atoms with Gasteiger partial charge in [-0.1, -0.05) is 23.9 Å². The van der Waals surface area contributed by atoms with E-state index in [0.29, 0.717) is 12.8 Å². The van der Waals surface area contributed by atoms with Crippen LogP contribution in [0.1, 0.15) is 66.2 Å². The van der Waals surface area contributed by atoms with Gasteiger partial charge in [0.05, 0.1) is 0 Å². The molecule has 112 valence electrons. The van der Waals surface area contributed by atoms with Crippen LogP contribution in [0.4, 0.5) is 0 Å². The van der Waals surface area contributed by atoms with Gasteiger partial charge in [0.2, 0.25) is 0 Å². The third-order valence-corrected chi connectivity index (χ3v) is 6.61. The average Bonchev–Trinajstić information content (AvgIpc) is 2.40. The topological polar surface area (TPSA) is 46.1 Å². The van der Waals surface area contributed by atoms with Gasteiger partial charge < -0.3 is 10.2 Å². The van der Waals surface area contributed by atoms with Crippen molar-refractivity contribution in [3.05, 3.63) is 0 Å². The van der Waals surface area contributed by atoms with Crippen molar-refractivity contribution in [1.29, 1.82) is 0 Å². The Morgan fingerprint density at radius 1 is 0.789 bits per heavy atom. The second-order valence-electron chi connectivity index (χ2n) is 3.91. The molecule has 0 heterocycles. The van der Waals surface area contributed by atoms with Crippen LogP contribution in [0.25, 0.3) is 0 Å². The normalized spacial score (nSPS) is 8.21. The Morgan fingerprint density at radius 2 is 1.05 bits per heavy atom. The summed E-state index contributed by atoms with van der Waals surface area (Å²) in [4.78, 5) is 0. The molecule has 19 heavy (non-hydrogen) atoms. The standard InChI is InChI=1S/2C4H9.2C3H6OS.Sn/c2*1-3-4-2;2*1-2-3(4)5;/h2*1,3-4H2,2H3;2*2H2,1H3,(H,4,5);/q;;;;+2/p-2. The number of hydrogen-bond acceptors (Lipinski definition) is 4. The van der Waals surface area contributed by atoms with Crippen molar-refractivity contribution >= 4 is 55.7 Å². The van der Waals surface area contributed by atoms with Crippen LogP contribution in [0.5, 0.6) is 0 Å². The van der Waals surface area contributed by atoms with Crippen LogP contribution < -0.4 is 10.2 Å². The van der Waals surface area contributed by atoms with Gasteiger partial charge in [-0.2, -0.15) is 0 Å². The summed E-state index contributed by atoms with van der Waals surface area (Å²) in [5.74, 6) is 0. The van der Waals surface area contributed by atoms with E-state index in [4.69, 9.17) is 0 Å². The summed E-state index contributed by atoms with van der Waals surface area (Å²) in [7, 11) is 0. The Kier molecular flexibility index (Phi) is 30.6. The second-order valence-corrected chi connectivity index (χ2v) is 9.10. The van der Waals surface area contributed by atoms with Crippen molar-refractivity contribution in [2.24, 2.45) is 0 Å². The fourth-order valence-electron chi connectivity index (χ4n) is 0.729. The number of unbranched alkanes of at least 4 members (excludes halogenated alkanes) is 2. The fourth-order valence-corrected chi connectivity index (χ4v) is 4.89. The minimum atomic E-state index is -0.162. The van der Waals surface area contributed by atoms with Gasteiger partial charge in [-0.05, 0) is 12.8 Å². The molecule has 0 aliphatic heterocycles. The molecule has 0 aromatic rings. The molecule has 0 unspecified atom stereocenters. The molecule has 0 radical (unpaired) electrons. The van der Waals surface area contributed by atoms with E-state index in [9.17, 15) is 10.2 Å². The molecule has 0 N–H and O–H groups in total. The molecule has 0 saturated heterocycles. The summed E-state index contributed by atoms with van der Waals surface area (Å²) >= 11 is 8.43. The van der Waals surface area contributed by atoms with Crippen molar-refractivity contribution in [1.82, 2.24) is 0 Å². The molecule has 0 aliphatic rings. The van der Waals surface area contributed by atoms with Gasteiger partial charge in [-0.15, -0.1) is 24.4 Å². The summed E-state index contributed by atoms with van der Waals surface area (Å²) in [6, 6.07) is 0. The van der Waals surface area contributed by atoms with Crippen LogP contribution in [-0.2, 0) is 0 Å². The Bertz CT molecular complexity index is 180. The van der Waals surface area contributed by atoms with Crippen LogP contribution in [0.15, 0.2) is 0 Å². The average molecular weight is 411 g/mol. The number of thiocarbonyl (C=S) groups is 2. The molecule has 0 aromatic carbocycles. The molecule has 0 saturated carbocycles. The summed E-state index contributed by atoms with van der Waals surface area (Å²) < 4.78 is 3.25. The Hall–Kier alpha value is 0.579. The SMILES string of the molecule is CCC([O-])=S.CCC([O-])=S.CCC[CH2][Sn+2][CH2]CCC. The second kappa shape index (κ2) is 23.7. The van der Waals surface area contributed by atoms with Gasteiger partial charge >= 0.3 is 69.5 Å². The summed E-state index contributed by atoms with van der Waals surface area (Å²) in [6.45, 7) is 8.07. The third-order valence-electron chi connectivity index (χ3n) is 1.99. The van der Waals surface area contributed by atoms with Crippen LogP contribution in [-0.4, -0.2) is 31.2 Å². The molecule has 0 spiro atoms. The van der Waals surface area contributed by atoms with Gasteiger partial charge in [-0.3, -0.25) is 0 Å². The van der Waals surface area contributed by atoms with Gasteiger partial charge in [0, 0.05) is 0 Å². The first-order valence-corrected chi connectivity index (χ1v) is 11.9. The number of rotatable bonds is 8. The Balaban J connectivity index is -0.000000219. The molecule has 0 rings (SSSR count). The van der Waals surface area contributed by atoms with Crippen LogP contribution in [0.3, 0.4) is 0 Å². The molecular weight excluding hydrogens is 383 g/mol. The quantitative estimate of drug-likeness (QED) is 0.350. The van der Waals surface area contributed by atoms with E-state index in [-0.39, 0.29) is 31.2 Å². The molecule has 0 amide bonds. The predicted octanol–water partition coefficient (Wildman–Crippen LogP) is 3.30.